The number of fused-ring (bicyclic) bond motifs is 2. The third kappa shape index (κ3) is 5.01. The molecule has 6 aromatic carbocycles. The van der Waals surface area contributed by atoms with Crippen LogP contribution in [-0.2, 0) is 0 Å². The van der Waals surface area contributed by atoms with E-state index in [4.69, 9.17) is 9.97 Å². The van der Waals surface area contributed by atoms with E-state index in [2.05, 4.69) is 151 Å². The molecule has 0 N–H and O–H groups in total. The molecule has 8 rings (SSSR count). The van der Waals surface area contributed by atoms with Gasteiger partial charge in [-0.15, -0.1) is 0 Å². The number of nitrogens with zero attached hydrogens (tertiary/aromatic N) is 3. The van der Waals surface area contributed by atoms with E-state index >= 15 is 0 Å². The largest absolute Gasteiger partial charge is 0.264 e. The molecule has 0 atom stereocenters. The zero-order chi connectivity index (χ0) is 29.3. The second-order valence-corrected chi connectivity index (χ2v) is 11.0. The van der Waals surface area contributed by atoms with Gasteiger partial charge in [-0.2, -0.15) is 0 Å². The maximum Gasteiger partial charge on any atom is 0.160 e. The fraction of sp³-hybridized carbons (Fsp3) is 0. The van der Waals surface area contributed by atoms with Gasteiger partial charge in [-0.05, 0) is 68.1 Å². The SMILES string of the molecule is c1cncc(-c2ccc(-c3ccc(-c4cc(-c5ccc6ccccc6c5)nc(-c5ccc6ccccc6c5)n4)cc3)cc2)c1. The molecule has 2 aromatic heterocycles. The third-order valence-corrected chi connectivity index (χ3v) is 8.17. The third-order valence-electron chi connectivity index (χ3n) is 8.17. The number of hydrogen-bond donors (Lipinski definition) is 0. The van der Waals surface area contributed by atoms with Crippen molar-refractivity contribution in [3.8, 4) is 56.2 Å². The van der Waals surface area contributed by atoms with Gasteiger partial charge in [0.2, 0.25) is 0 Å². The Morgan fingerprint density at radius 3 is 1.39 bits per heavy atom. The zero-order valence-corrected chi connectivity index (χ0v) is 23.9. The van der Waals surface area contributed by atoms with Crippen LogP contribution in [0.4, 0.5) is 0 Å². The van der Waals surface area contributed by atoms with Crippen LogP contribution in [0.25, 0.3) is 77.7 Å². The van der Waals surface area contributed by atoms with Gasteiger partial charge in [-0.1, -0.05) is 127 Å². The highest BCUT2D eigenvalue weighted by Crippen LogP contribution is 2.32. The van der Waals surface area contributed by atoms with Crippen LogP contribution in [0.1, 0.15) is 0 Å². The van der Waals surface area contributed by atoms with Crippen molar-refractivity contribution in [3.05, 3.63) is 164 Å². The van der Waals surface area contributed by atoms with Crippen molar-refractivity contribution in [1.29, 1.82) is 0 Å². The van der Waals surface area contributed by atoms with Gasteiger partial charge in [0.25, 0.3) is 0 Å². The van der Waals surface area contributed by atoms with Gasteiger partial charge in [-0.3, -0.25) is 4.98 Å². The van der Waals surface area contributed by atoms with E-state index in [1.807, 2.05) is 12.3 Å². The Balaban J connectivity index is 1.19. The zero-order valence-electron chi connectivity index (χ0n) is 23.9. The number of hydrogen-bond acceptors (Lipinski definition) is 3. The lowest BCUT2D eigenvalue weighted by Crippen LogP contribution is -1.96. The average molecular weight is 562 g/mol. The summed E-state index contributed by atoms with van der Waals surface area (Å²) in [6, 6.07) is 53.2. The van der Waals surface area contributed by atoms with E-state index in [-0.39, 0.29) is 0 Å². The summed E-state index contributed by atoms with van der Waals surface area (Å²) in [6.45, 7) is 0. The van der Waals surface area contributed by atoms with Gasteiger partial charge in [0.15, 0.2) is 5.82 Å². The lowest BCUT2D eigenvalue weighted by molar-refractivity contribution is 1.18. The van der Waals surface area contributed by atoms with Crippen LogP contribution in [0, 0.1) is 0 Å². The van der Waals surface area contributed by atoms with Crippen molar-refractivity contribution in [2.75, 3.05) is 0 Å². The fourth-order valence-corrected chi connectivity index (χ4v) is 5.77. The molecule has 0 unspecified atom stereocenters. The molecule has 3 heteroatoms. The van der Waals surface area contributed by atoms with E-state index in [0.717, 1.165) is 44.8 Å². The summed E-state index contributed by atoms with van der Waals surface area (Å²) in [7, 11) is 0. The monoisotopic (exact) mass is 561 g/mol. The molecule has 3 nitrogen and oxygen atoms in total. The van der Waals surface area contributed by atoms with Gasteiger partial charge in [0.1, 0.15) is 0 Å². The highest BCUT2D eigenvalue weighted by molar-refractivity contribution is 5.89. The molecular formula is C41H27N3. The van der Waals surface area contributed by atoms with E-state index in [1.54, 1.807) is 6.20 Å². The predicted octanol–water partition coefficient (Wildman–Crippen LogP) is 10.5. The second kappa shape index (κ2) is 11.0. The molecule has 0 saturated carbocycles. The van der Waals surface area contributed by atoms with Crippen molar-refractivity contribution >= 4 is 21.5 Å². The van der Waals surface area contributed by atoms with Crippen molar-refractivity contribution in [2.45, 2.75) is 0 Å². The van der Waals surface area contributed by atoms with Gasteiger partial charge in [-0.25, -0.2) is 9.97 Å². The molecule has 0 radical (unpaired) electrons. The Morgan fingerprint density at radius 2 is 0.795 bits per heavy atom. The molecule has 0 saturated heterocycles. The van der Waals surface area contributed by atoms with Crippen LogP contribution in [0.3, 0.4) is 0 Å². The summed E-state index contributed by atoms with van der Waals surface area (Å²) in [6.07, 6.45) is 3.69. The standard InChI is InChI=1S/C41H27N3/c1-3-8-34-24-36(21-17-28(34)6-1)40-26-39(43-41(44-40)37-22-18-29-7-2-4-9-35(29)25-37)33-19-15-31(16-20-33)30-11-13-32(14-12-30)38-10-5-23-42-27-38/h1-27H. The van der Waals surface area contributed by atoms with Crippen LogP contribution in [0.15, 0.2) is 164 Å². The molecule has 0 amide bonds. The Kier molecular flexibility index (Phi) is 6.47. The molecule has 2 heterocycles. The Bertz CT molecular complexity index is 2160. The predicted molar refractivity (Wildman–Crippen MR) is 182 cm³/mol. The minimum absolute atomic E-state index is 0.714. The summed E-state index contributed by atoms with van der Waals surface area (Å²) in [5, 5.41) is 4.78. The summed E-state index contributed by atoms with van der Waals surface area (Å²) in [5.74, 6) is 0.714. The summed E-state index contributed by atoms with van der Waals surface area (Å²) >= 11 is 0. The van der Waals surface area contributed by atoms with Gasteiger partial charge in [0, 0.05) is 29.1 Å². The molecule has 0 spiro atoms. The Hall–Kier alpha value is -5.93. The van der Waals surface area contributed by atoms with Crippen molar-refractivity contribution < 1.29 is 0 Å². The first-order valence-corrected chi connectivity index (χ1v) is 14.8. The molecule has 0 aliphatic rings. The van der Waals surface area contributed by atoms with Crippen molar-refractivity contribution in [1.82, 2.24) is 15.0 Å². The summed E-state index contributed by atoms with van der Waals surface area (Å²) in [5.41, 5.74) is 9.50. The molecular weight excluding hydrogens is 534 g/mol. The lowest BCUT2D eigenvalue weighted by atomic mass is 9.99. The van der Waals surface area contributed by atoms with Gasteiger partial charge < -0.3 is 0 Å². The van der Waals surface area contributed by atoms with Crippen LogP contribution in [0.2, 0.25) is 0 Å². The van der Waals surface area contributed by atoms with Crippen LogP contribution >= 0.6 is 0 Å². The average Bonchev–Trinajstić information content (AvgIpc) is 3.11. The van der Waals surface area contributed by atoms with Crippen molar-refractivity contribution in [3.63, 3.8) is 0 Å². The maximum atomic E-state index is 5.10. The number of benzene rings is 6. The van der Waals surface area contributed by atoms with E-state index < -0.39 is 0 Å². The number of pyridine rings is 1. The molecule has 44 heavy (non-hydrogen) atoms. The summed E-state index contributed by atoms with van der Waals surface area (Å²) < 4.78 is 0. The minimum atomic E-state index is 0.714. The molecule has 0 aliphatic carbocycles. The second-order valence-electron chi connectivity index (χ2n) is 11.0. The Labute approximate surface area is 256 Å². The van der Waals surface area contributed by atoms with E-state index in [0.29, 0.717) is 5.82 Å². The fourth-order valence-electron chi connectivity index (χ4n) is 5.77. The molecule has 206 valence electrons. The quantitative estimate of drug-likeness (QED) is 0.210. The molecule has 0 aliphatic heterocycles. The van der Waals surface area contributed by atoms with E-state index in [9.17, 15) is 0 Å². The van der Waals surface area contributed by atoms with E-state index in [1.165, 1.54) is 27.1 Å². The topological polar surface area (TPSA) is 38.7 Å². The minimum Gasteiger partial charge on any atom is -0.264 e. The van der Waals surface area contributed by atoms with Crippen LogP contribution in [0.5, 0.6) is 0 Å². The first-order chi connectivity index (χ1) is 21.8. The van der Waals surface area contributed by atoms with Gasteiger partial charge in [0.05, 0.1) is 11.4 Å². The smallest absolute Gasteiger partial charge is 0.160 e. The highest BCUT2D eigenvalue weighted by atomic mass is 14.9. The Morgan fingerprint density at radius 1 is 0.318 bits per heavy atom. The molecule has 0 fully saturated rings. The number of rotatable bonds is 5. The van der Waals surface area contributed by atoms with Crippen LogP contribution in [-0.4, -0.2) is 15.0 Å². The van der Waals surface area contributed by atoms with Crippen LogP contribution < -0.4 is 0 Å². The molecule has 0 bridgehead atoms. The molecule has 8 aromatic rings. The normalized spacial score (nSPS) is 11.2. The number of aromatic nitrogens is 3. The van der Waals surface area contributed by atoms with Gasteiger partial charge >= 0.3 is 0 Å². The van der Waals surface area contributed by atoms with Crippen molar-refractivity contribution in [2.24, 2.45) is 0 Å². The first-order valence-electron chi connectivity index (χ1n) is 14.8. The first kappa shape index (κ1) is 25.8. The lowest BCUT2D eigenvalue weighted by Gasteiger charge is -2.11. The summed E-state index contributed by atoms with van der Waals surface area (Å²) in [4.78, 5) is 14.4. The highest BCUT2D eigenvalue weighted by Gasteiger charge is 2.12. The maximum absolute atomic E-state index is 5.10.